The number of aliphatic hydroxyl groups is 7. The van der Waals surface area contributed by atoms with Gasteiger partial charge in [-0.05, 0) is 6.42 Å². The van der Waals surface area contributed by atoms with Crippen LogP contribution in [0.4, 0.5) is 0 Å². The van der Waals surface area contributed by atoms with Crippen LogP contribution in [-0.4, -0.2) is 117 Å². The second kappa shape index (κ2) is 10.5. The average Bonchev–Trinajstić information content (AvgIpc) is 2.94. The molecule has 2 heterocycles. The van der Waals surface area contributed by atoms with Crippen molar-refractivity contribution >= 4 is 0 Å². The van der Waals surface area contributed by atoms with E-state index in [2.05, 4.69) is 0 Å². The van der Waals surface area contributed by atoms with Crippen molar-refractivity contribution in [2.24, 2.45) is 0 Å². The second-order valence-corrected chi connectivity index (χ2v) is 7.16. The van der Waals surface area contributed by atoms with Crippen LogP contribution in [-0.2, 0) is 18.9 Å². The molecular formula is C17H32O11. The first-order chi connectivity index (χ1) is 13.3. The molecule has 0 radical (unpaired) electrons. The molecule has 11 heteroatoms. The third-order valence-corrected chi connectivity index (χ3v) is 5.06. The molecule has 0 bridgehead atoms. The Morgan fingerprint density at radius 1 is 0.893 bits per heavy atom. The first kappa shape index (κ1) is 23.8. The predicted octanol–water partition coefficient (Wildman–Crippen LogP) is -3.18. The number of unbranched alkanes of at least 4 members (excludes halogenated alkanes) is 2. The highest BCUT2D eigenvalue weighted by Crippen LogP contribution is 2.35. The van der Waals surface area contributed by atoms with Gasteiger partial charge in [0, 0.05) is 6.61 Å². The smallest absolute Gasteiger partial charge is 0.224 e. The van der Waals surface area contributed by atoms with Crippen molar-refractivity contribution in [3.63, 3.8) is 0 Å². The van der Waals surface area contributed by atoms with Crippen molar-refractivity contribution < 1.29 is 54.7 Å². The van der Waals surface area contributed by atoms with Crippen LogP contribution in [0.3, 0.4) is 0 Å². The Balaban J connectivity index is 2.04. The minimum atomic E-state index is -2.19. The minimum Gasteiger partial charge on any atom is -0.394 e. The van der Waals surface area contributed by atoms with Crippen molar-refractivity contribution in [3.8, 4) is 0 Å². The summed E-state index contributed by atoms with van der Waals surface area (Å²) in [4.78, 5) is 0. The highest BCUT2D eigenvalue weighted by Gasteiger charge is 2.58. The second-order valence-electron chi connectivity index (χ2n) is 7.16. The van der Waals surface area contributed by atoms with E-state index < -0.39 is 68.0 Å². The lowest BCUT2D eigenvalue weighted by molar-refractivity contribution is -0.384. The van der Waals surface area contributed by atoms with E-state index in [1.807, 2.05) is 6.92 Å². The normalized spacial score (nSPS) is 44.1. The number of hydrogen-bond acceptors (Lipinski definition) is 11. The summed E-state index contributed by atoms with van der Waals surface area (Å²) in [6.07, 6.45) is -9.18. The van der Waals surface area contributed by atoms with E-state index in [9.17, 15) is 35.7 Å². The van der Waals surface area contributed by atoms with Gasteiger partial charge in [-0.15, -0.1) is 0 Å². The molecule has 0 aromatic rings. The molecule has 2 saturated heterocycles. The van der Waals surface area contributed by atoms with Gasteiger partial charge >= 0.3 is 0 Å². The van der Waals surface area contributed by atoms with E-state index in [-0.39, 0.29) is 6.61 Å². The summed E-state index contributed by atoms with van der Waals surface area (Å²) in [6.45, 7) is 0.823. The largest absolute Gasteiger partial charge is 0.394 e. The SMILES string of the molecule is CCCCCOC[C@H]1O[C@@H](O[C@@]2(CO)O[C@H](CO)[C@@H](O)[C@@H]2O)[C@H](O)[C@@H](O)[C@@H]1O. The van der Waals surface area contributed by atoms with Crippen molar-refractivity contribution in [1.29, 1.82) is 0 Å². The summed E-state index contributed by atoms with van der Waals surface area (Å²) < 4.78 is 21.6. The quantitative estimate of drug-likeness (QED) is 0.180. The van der Waals surface area contributed by atoms with Crippen LogP contribution in [0.5, 0.6) is 0 Å². The molecule has 2 aliphatic rings. The zero-order valence-electron chi connectivity index (χ0n) is 15.8. The summed E-state index contributed by atoms with van der Waals surface area (Å²) >= 11 is 0. The first-order valence-electron chi connectivity index (χ1n) is 9.52. The molecule has 0 aromatic carbocycles. The maximum absolute atomic E-state index is 10.2. The standard InChI is InChI=1S/C17H32O11/c1-2-3-4-5-25-7-10-11(20)13(22)14(23)16(26-10)28-17(8-19)15(24)12(21)9(6-18)27-17/h9-16,18-24H,2-8H2,1H3/t9-,10-,11-,12-,13+,14-,15+,16+,17-/m1/s1. The molecule has 0 spiro atoms. The van der Waals surface area contributed by atoms with Gasteiger partial charge in [-0.3, -0.25) is 0 Å². The van der Waals surface area contributed by atoms with Gasteiger partial charge in [0.1, 0.15) is 49.3 Å². The lowest BCUT2D eigenvalue weighted by Crippen LogP contribution is -2.62. The minimum absolute atomic E-state index is 0.0774. The zero-order chi connectivity index (χ0) is 20.9. The fraction of sp³-hybridized carbons (Fsp3) is 1.00. The molecule has 2 rings (SSSR count). The molecule has 2 aliphatic heterocycles. The number of ether oxygens (including phenoxy) is 4. The molecule has 0 aliphatic carbocycles. The van der Waals surface area contributed by atoms with Crippen molar-refractivity contribution in [2.75, 3.05) is 26.4 Å². The topological polar surface area (TPSA) is 179 Å². The molecule has 2 fully saturated rings. The Morgan fingerprint density at radius 2 is 1.61 bits per heavy atom. The third-order valence-electron chi connectivity index (χ3n) is 5.06. The van der Waals surface area contributed by atoms with Crippen molar-refractivity contribution in [2.45, 2.75) is 81.0 Å². The van der Waals surface area contributed by atoms with E-state index in [1.54, 1.807) is 0 Å². The summed E-state index contributed by atoms with van der Waals surface area (Å²) in [5.41, 5.74) is 0. The summed E-state index contributed by atoms with van der Waals surface area (Å²) in [6, 6.07) is 0. The van der Waals surface area contributed by atoms with E-state index >= 15 is 0 Å². The van der Waals surface area contributed by atoms with Gasteiger partial charge in [0.15, 0.2) is 6.29 Å². The van der Waals surface area contributed by atoms with Crippen LogP contribution in [0.1, 0.15) is 26.2 Å². The van der Waals surface area contributed by atoms with Gasteiger partial charge in [0.05, 0.1) is 13.2 Å². The van der Waals surface area contributed by atoms with Gasteiger partial charge in [0.2, 0.25) is 5.79 Å². The lowest BCUT2D eigenvalue weighted by Gasteiger charge is -2.43. The van der Waals surface area contributed by atoms with Gasteiger partial charge < -0.3 is 54.7 Å². The van der Waals surface area contributed by atoms with Gasteiger partial charge in [0.25, 0.3) is 0 Å². The Morgan fingerprint density at radius 3 is 2.18 bits per heavy atom. The van der Waals surface area contributed by atoms with Crippen LogP contribution < -0.4 is 0 Å². The summed E-state index contributed by atoms with van der Waals surface area (Å²) in [5, 5.41) is 69.4. The Kier molecular flexibility index (Phi) is 8.98. The Hall–Kier alpha value is -0.440. The maximum atomic E-state index is 10.2. The van der Waals surface area contributed by atoms with E-state index in [1.165, 1.54) is 0 Å². The fourth-order valence-corrected chi connectivity index (χ4v) is 3.27. The first-order valence-corrected chi connectivity index (χ1v) is 9.52. The van der Waals surface area contributed by atoms with Crippen molar-refractivity contribution in [1.82, 2.24) is 0 Å². The average molecular weight is 412 g/mol. The van der Waals surface area contributed by atoms with Crippen LogP contribution >= 0.6 is 0 Å². The monoisotopic (exact) mass is 412 g/mol. The lowest BCUT2D eigenvalue weighted by atomic mass is 9.99. The molecule has 0 aromatic heterocycles. The number of hydrogen-bond donors (Lipinski definition) is 7. The Labute approximate surface area is 163 Å². The summed E-state index contributed by atoms with van der Waals surface area (Å²) in [5.74, 6) is -2.19. The molecule has 7 N–H and O–H groups in total. The molecule has 0 unspecified atom stereocenters. The van der Waals surface area contributed by atoms with E-state index in [0.29, 0.717) is 6.61 Å². The molecular weight excluding hydrogens is 380 g/mol. The highest BCUT2D eigenvalue weighted by molar-refractivity contribution is 4.98. The van der Waals surface area contributed by atoms with E-state index in [4.69, 9.17) is 18.9 Å². The van der Waals surface area contributed by atoms with E-state index in [0.717, 1.165) is 19.3 Å². The maximum Gasteiger partial charge on any atom is 0.224 e. The molecule has 0 saturated carbocycles. The molecule has 9 atom stereocenters. The summed E-state index contributed by atoms with van der Waals surface area (Å²) in [7, 11) is 0. The van der Waals surface area contributed by atoms with Crippen LogP contribution in [0, 0.1) is 0 Å². The predicted molar refractivity (Wildman–Crippen MR) is 91.9 cm³/mol. The van der Waals surface area contributed by atoms with Gasteiger partial charge in [-0.1, -0.05) is 19.8 Å². The number of aliphatic hydroxyl groups excluding tert-OH is 7. The molecule has 11 nitrogen and oxygen atoms in total. The number of rotatable bonds is 10. The van der Waals surface area contributed by atoms with Crippen LogP contribution in [0.25, 0.3) is 0 Å². The van der Waals surface area contributed by atoms with Crippen molar-refractivity contribution in [3.05, 3.63) is 0 Å². The van der Waals surface area contributed by atoms with Gasteiger partial charge in [-0.25, -0.2) is 0 Å². The highest BCUT2D eigenvalue weighted by atomic mass is 16.8. The molecule has 28 heavy (non-hydrogen) atoms. The third kappa shape index (κ3) is 4.99. The Bertz CT molecular complexity index is 466. The van der Waals surface area contributed by atoms with Crippen LogP contribution in [0.2, 0.25) is 0 Å². The zero-order valence-corrected chi connectivity index (χ0v) is 15.8. The molecule has 166 valence electrons. The molecule has 0 amide bonds. The van der Waals surface area contributed by atoms with Crippen LogP contribution in [0.15, 0.2) is 0 Å². The fourth-order valence-electron chi connectivity index (χ4n) is 3.27. The van der Waals surface area contributed by atoms with Gasteiger partial charge in [-0.2, -0.15) is 0 Å².